The predicted molar refractivity (Wildman–Crippen MR) is 79.7 cm³/mol. The van der Waals surface area contributed by atoms with Crippen LogP contribution >= 0.6 is 0 Å². The molecule has 2 unspecified atom stereocenters. The summed E-state index contributed by atoms with van der Waals surface area (Å²) in [6.07, 6.45) is 0.641. The lowest BCUT2D eigenvalue weighted by molar-refractivity contribution is 0.102. The topological polar surface area (TPSA) is 56.6 Å². The molecule has 2 heterocycles. The van der Waals surface area contributed by atoms with Gasteiger partial charge in [0.15, 0.2) is 0 Å². The van der Waals surface area contributed by atoms with Gasteiger partial charge in [-0.2, -0.15) is 0 Å². The highest BCUT2D eigenvalue weighted by atomic mass is 16.3. The van der Waals surface area contributed by atoms with E-state index in [1.807, 2.05) is 30.3 Å². The normalized spacial score (nSPS) is 23.2. The van der Waals surface area contributed by atoms with Crippen LogP contribution in [-0.2, 0) is 6.61 Å². The maximum Gasteiger partial charge on any atom is 0.136 e. The van der Waals surface area contributed by atoms with E-state index in [-0.39, 0.29) is 12.7 Å². The van der Waals surface area contributed by atoms with E-state index in [9.17, 15) is 10.2 Å². The first-order valence-electron chi connectivity index (χ1n) is 7.11. The summed E-state index contributed by atoms with van der Waals surface area (Å²) < 4.78 is 0. The third kappa shape index (κ3) is 2.37. The van der Waals surface area contributed by atoms with E-state index in [4.69, 9.17) is 0 Å². The van der Waals surface area contributed by atoms with Gasteiger partial charge >= 0.3 is 0 Å². The summed E-state index contributed by atoms with van der Waals surface area (Å²) in [5, 5.41) is 21.6. The Labute approximate surface area is 118 Å². The Hall–Kier alpha value is -1.65. The van der Waals surface area contributed by atoms with Crippen molar-refractivity contribution in [2.75, 3.05) is 18.0 Å². The molecule has 0 bridgehead atoms. The van der Waals surface area contributed by atoms with Gasteiger partial charge in [-0.3, -0.25) is 0 Å². The molecule has 106 valence electrons. The largest absolute Gasteiger partial charge is 0.391 e. The number of pyridine rings is 1. The second kappa shape index (κ2) is 5.38. The maximum absolute atomic E-state index is 10.1. The highest BCUT2D eigenvalue weighted by Gasteiger charge is 2.26. The van der Waals surface area contributed by atoms with Gasteiger partial charge in [0.25, 0.3) is 0 Å². The van der Waals surface area contributed by atoms with Gasteiger partial charge < -0.3 is 15.1 Å². The van der Waals surface area contributed by atoms with Gasteiger partial charge in [0, 0.05) is 18.5 Å². The van der Waals surface area contributed by atoms with Crippen molar-refractivity contribution in [1.82, 2.24) is 4.98 Å². The second-order valence-electron chi connectivity index (χ2n) is 5.60. The molecule has 1 aromatic carbocycles. The smallest absolute Gasteiger partial charge is 0.136 e. The minimum absolute atomic E-state index is 0.0649. The molecule has 2 N–H and O–H groups in total. The Morgan fingerprint density at radius 3 is 2.90 bits per heavy atom. The molecule has 0 amide bonds. The number of nitrogens with zero attached hydrogens (tertiary/aromatic N) is 2. The van der Waals surface area contributed by atoms with Crippen LogP contribution in [0.4, 0.5) is 5.82 Å². The van der Waals surface area contributed by atoms with Crippen molar-refractivity contribution in [3.63, 3.8) is 0 Å². The van der Waals surface area contributed by atoms with Crippen LogP contribution in [0.25, 0.3) is 10.8 Å². The number of anilines is 1. The lowest BCUT2D eigenvalue weighted by atomic mass is 9.95. The van der Waals surface area contributed by atoms with E-state index in [2.05, 4.69) is 16.8 Å². The Bertz CT molecular complexity index is 614. The Kier molecular flexibility index (Phi) is 3.59. The van der Waals surface area contributed by atoms with Crippen LogP contribution in [0.1, 0.15) is 19.0 Å². The third-order valence-corrected chi connectivity index (χ3v) is 4.15. The first kappa shape index (κ1) is 13.3. The molecule has 1 aromatic heterocycles. The summed E-state index contributed by atoms with van der Waals surface area (Å²) in [5.74, 6) is 1.21. The van der Waals surface area contributed by atoms with Crippen molar-refractivity contribution in [1.29, 1.82) is 0 Å². The Morgan fingerprint density at radius 2 is 2.15 bits per heavy atom. The number of piperidine rings is 1. The lowest BCUT2D eigenvalue weighted by Gasteiger charge is -2.35. The molecule has 0 spiro atoms. The zero-order valence-corrected chi connectivity index (χ0v) is 11.7. The fraction of sp³-hybridized carbons (Fsp3) is 0.438. The number of β-amino-alcohol motifs (C(OH)–C–C–N with tert-alkyl or cyclic N) is 1. The first-order chi connectivity index (χ1) is 9.69. The number of hydrogen-bond acceptors (Lipinski definition) is 4. The van der Waals surface area contributed by atoms with Crippen molar-refractivity contribution in [2.24, 2.45) is 5.92 Å². The van der Waals surface area contributed by atoms with Gasteiger partial charge in [-0.05, 0) is 23.8 Å². The molecule has 2 atom stereocenters. The molecule has 1 aliphatic heterocycles. The zero-order chi connectivity index (χ0) is 14.1. The Morgan fingerprint density at radius 1 is 1.35 bits per heavy atom. The third-order valence-electron chi connectivity index (χ3n) is 4.15. The summed E-state index contributed by atoms with van der Waals surface area (Å²) >= 11 is 0. The molecule has 2 aromatic rings. The van der Waals surface area contributed by atoms with Crippen molar-refractivity contribution in [3.8, 4) is 0 Å². The van der Waals surface area contributed by atoms with Gasteiger partial charge in [-0.25, -0.2) is 4.98 Å². The minimum Gasteiger partial charge on any atom is -0.391 e. The molecule has 0 aliphatic carbocycles. The van der Waals surface area contributed by atoms with Gasteiger partial charge in [0.1, 0.15) is 5.82 Å². The summed E-state index contributed by atoms with van der Waals surface area (Å²) in [6, 6.07) is 9.98. The molecule has 1 saturated heterocycles. The number of rotatable bonds is 2. The fourth-order valence-electron chi connectivity index (χ4n) is 2.80. The first-order valence-corrected chi connectivity index (χ1v) is 7.11. The van der Waals surface area contributed by atoms with E-state index in [1.165, 1.54) is 0 Å². The SMILES string of the molecule is CC1CCN(c2nc(CO)cc3ccccc23)CC1O. The van der Waals surface area contributed by atoms with Crippen LogP contribution in [0.15, 0.2) is 30.3 Å². The number of hydrogen-bond donors (Lipinski definition) is 2. The molecular weight excluding hydrogens is 252 g/mol. The Balaban J connectivity index is 2.05. The average molecular weight is 272 g/mol. The van der Waals surface area contributed by atoms with Crippen LogP contribution in [0, 0.1) is 5.92 Å². The minimum atomic E-state index is -0.318. The highest BCUT2D eigenvalue weighted by Crippen LogP contribution is 2.29. The van der Waals surface area contributed by atoms with Gasteiger partial charge in [-0.15, -0.1) is 0 Å². The van der Waals surface area contributed by atoms with E-state index in [1.54, 1.807) is 0 Å². The number of benzene rings is 1. The lowest BCUT2D eigenvalue weighted by Crippen LogP contribution is -2.43. The van der Waals surface area contributed by atoms with Crippen molar-refractivity contribution >= 4 is 16.6 Å². The van der Waals surface area contributed by atoms with Crippen LogP contribution in [0.3, 0.4) is 0 Å². The molecule has 4 heteroatoms. The van der Waals surface area contributed by atoms with Crippen molar-refractivity contribution in [2.45, 2.75) is 26.1 Å². The van der Waals surface area contributed by atoms with E-state index < -0.39 is 0 Å². The molecular formula is C16H20N2O2. The van der Waals surface area contributed by atoms with Gasteiger partial charge in [-0.1, -0.05) is 31.2 Å². The number of aromatic nitrogens is 1. The molecule has 0 radical (unpaired) electrons. The van der Waals surface area contributed by atoms with E-state index >= 15 is 0 Å². The van der Waals surface area contributed by atoms with Gasteiger partial charge in [0.05, 0.1) is 18.4 Å². The summed E-state index contributed by atoms with van der Waals surface area (Å²) in [7, 11) is 0. The molecule has 0 saturated carbocycles. The predicted octanol–water partition coefficient (Wildman–Crippen LogP) is 1.93. The molecule has 1 fully saturated rings. The highest BCUT2D eigenvalue weighted by molar-refractivity contribution is 5.92. The molecule has 20 heavy (non-hydrogen) atoms. The monoisotopic (exact) mass is 272 g/mol. The van der Waals surface area contributed by atoms with Crippen molar-refractivity contribution < 1.29 is 10.2 Å². The van der Waals surface area contributed by atoms with Crippen LogP contribution in [-0.4, -0.2) is 34.4 Å². The standard InChI is InChI=1S/C16H20N2O2/c1-11-6-7-18(9-15(11)20)16-14-5-3-2-4-12(14)8-13(10-19)17-16/h2-5,8,11,15,19-20H,6-7,9-10H2,1H3. The van der Waals surface area contributed by atoms with Crippen LogP contribution < -0.4 is 4.90 Å². The van der Waals surface area contributed by atoms with E-state index in [0.717, 1.165) is 29.6 Å². The van der Waals surface area contributed by atoms with Crippen LogP contribution in [0.5, 0.6) is 0 Å². The number of aliphatic hydroxyl groups excluding tert-OH is 2. The zero-order valence-electron chi connectivity index (χ0n) is 11.7. The van der Waals surface area contributed by atoms with E-state index in [0.29, 0.717) is 18.2 Å². The second-order valence-corrected chi connectivity index (χ2v) is 5.60. The number of aliphatic hydroxyl groups is 2. The molecule has 1 aliphatic rings. The van der Waals surface area contributed by atoms with Gasteiger partial charge in [0.2, 0.25) is 0 Å². The fourth-order valence-corrected chi connectivity index (χ4v) is 2.80. The van der Waals surface area contributed by atoms with Crippen molar-refractivity contribution in [3.05, 3.63) is 36.0 Å². The molecule has 4 nitrogen and oxygen atoms in total. The number of fused-ring (bicyclic) bond motifs is 1. The maximum atomic E-state index is 10.1. The molecule has 3 rings (SSSR count). The summed E-state index contributed by atoms with van der Waals surface area (Å²) in [4.78, 5) is 6.70. The quantitative estimate of drug-likeness (QED) is 0.877. The summed E-state index contributed by atoms with van der Waals surface area (Å²) in [6.45, 7) is 3.51. The average Bonchev–Trinajstić information content (AvgIpc) is 2.49. The summed E-state index contributed by atoms with van der Waals surface area (Å²) in [5.41, 5.74) is 0.673. The van der Waals surface area contributed by atoms with Crippen LogP contribution in [0.2, 0.25) is 0 Å².